The third kappa shape index (κ3) is 3.85. The van der Waals surface area contributed by atoms with Crippen molar-refractivity contribution in [3.63, 3.8) is 0 Å². The average molecular weight is 241 g/mol. The van der Waals surface area contributed by atoms with E-state index in [1.807, 2.05) is 6.92 Å². The summed E-state index contributed by atoms with van der Waals surface area (Å²) in [6, 6.07) is 2.94. The molecule has 0 bridgehead atoms. The van der Waals surface area contributed by atoms with E-state index < -0.39 is 4.92 Å². The Labute approximate surface area is 96.6 Å². The Balaban J connectivity index is 2.61. The molecule has 1 atom stereocenters. The van der Waals surface area contributed by atoms with Crippen LogP contribution >= 0.6 is 11.8 Å². The summed E-state index contributed by atoms with van der Waals surface area (Å²) in [4.78, 5) is 24.6. The van der Waals surface area contributed by atoms with E-state index in [2.05, 4.69) is 10.3 Å². The third-order valence-electron chi connectivity index (χ3n) is 1.64. The molecule has 0 saturated heterocycles. The van der Waals surface area contributed by atoms with Crippen LogP contribution in [0.4, 0.5) is 5.69 Å². The van der Waals surface area contributed by atoms with Crippen molar-refractivity contribution in [1.29, 1.82) is 0 Å². The van der Waals surface area contributed by atoms with Crippen LogP contribution in [0.25, 0.3) is 0 Å². The summed E-state index contributed by atoms with van der Waals surface area (Å²) in [5, 5.41) is 13.6. The highest BCUT2D eigenvalue weighted by molar-refractivity contribution is 7.99. The summed E-state index contributed by atoms with van der Waals surface area (Å²) in [6.07, 6.45) is 1.20. The highest BCUT2D eigenvalue weighted by Crippen LogP contribution is 2.21. The highest BCUT2D eigenvalue weighted by Gasteiger charge is 2.09. The van der Waals surface area contributed by atoms with Crippen LogP contribution in [0.2, 0.25) is 0 Å². The van der Waals surface area contributed by atoms with Gasteiger partial charge in [-0.05, 0) is 13.0 Å². The summed E-state index contributed by atoms with van der Waals surface area (Å²) in [7, 11) is 0. The second-order valence-corrected chi connectivity index (χ2v) is 4.43. The molecule has 1 rings (SSSR count). The summed E-state index contributed by atoms with van der Waals surface area (Å²) < 4.78 is 0. The number of nitrogens with zero attached hydrogens (tertiary/aromatic N) is 2. The lowest BCUT2D eigenvalue weighted by molar-refractivity contribution is -0.385. The highest BCUT2D eigenvalue weighted by atomic mass is 32.2. The predicted octanol–water partition coefficient (Wildman–Crippen LogP) is 1.56. The SMILES string of the molecule is CC(=O)NC(C)Sc1ccc([N+](=O)[O-])cn1. The monoisotopic (exact) mass is 241 g/mol. The molecular weight excluding hydrogens is 230 g/mol. The van der Waals surface area contributed by atoms with Crippen molar-refractivity contribution >= 4 is 23.4 Å². The number of hydrogen-bond donors (Lipinski definition) is 1. The Morgan fingerprint density at radius 3 is 2.75 bits per heavy atom. The van der Waals surface area contributed by atoms with Gasteiger partial charge in [-0.25, -0.2) is 4.98 Å². The fraction of sp³-hybridized carbons (Fsp3) is 0.333. The van der Waals surface area contributed by atoms with Crippen LogP contribution in [0.15, 0.2) is 23.4 Å². The minimum atomic E-state index is -0.501. The Bertz CT molecular complexity index is 393. The van der Waals surface area contributed by atoms with Crippen molar-refractivity contribution < 1.29 is 9.72 Å². The summed E-state index contributed by atoms with van der Waals surface area (Å²) in [5.74, 6) is -0.123. The van der Waals surface area contributed by atoms with Gasteiger partial charge in [0.2, 0.25) is 5.91 Å². The molecule has 0 radical (unpaired) electrons. The van der Waals surface area contributed by atoms with E-state index in [0.29, 0.717) is 5.03 Å². The van der Waals surface area contributed by atoms with Gasteiger partial charge in [-0.1, -0.05) is 11.8 Å². The minimum Gasteiger partial charge on any atom is -0.344 e. The number of carbonyl (C=O) groups excluding carboxylic acids is 1. The van der Waals surface area contributed by atoms with Crippen LogP contribution in [0.5, 0.6) is 0 Å². The topological polar surface area (TPSA) is 85.1 Å². The van der Waals surface area contributed by atoms with E-state index >= 15 is 0 Å². The molecule has 1 heterocycles. The molecule has 16 heavy (non-hydrogen) atoms. The van der Waals surface area contributed by atoms with E-state index in [1.165, 1.54) is 30.9 Å². The lowest BCUT2D eigenvalue weighted by Gasteiger charge is -2.10. The lowest BCUT2D eigenvalue weighted by Crippen LogP contribution is -2.27. The number of rotatable bonds is 4. The van der Waals surface area contributed by atoms with E-state index in [-0.39, 0.29) is 17.0 Å². The number of hydrogen-bond acceptors (Lipinski definition) is 5. The minimum absolute atomic E-state index is 0.0449. The second kappa shape index (κ2) is 5.45. The third-order valence-corrected chi connectivity index (χ3v) is 2.59. The maximum atomic E-state index is 10.8. The summed E-state index contributed by atoms with van der Waals surface area (Å²) >= 11 is 1.33. The van der Waals surface area contributed by atoms with Gasteiger partial charge in [-0.15, -0.1) is 0 Å². The summed E-state index contributed by atoms with van der Waals surface area (Å²) in [6.45, 7) is 3.25. The van der Waals surface area contributed by atoms with E-state index in [1.54, 1.807) is 6.07 Å². The van der Waals surface area contributed by atoms with Crippen molar-refractivity contribution in [3.05, 3.63) is 28.4 Å². The second-order valence-electron chi connectivity index (χ2n) is 3.07. The molecule has 0 fully saturated rings. The standard InChI is InChI=1S/C9H11N3O3S/c1-6(13)11-7(2)16-9-4-3-8(5-10-9)12(14)15/h3-5,7H,1-2H3,(H,11,13). The average Bonchev–Trinajstić information content (AvgIpc) is 2.16. The maximum Gasteiger partial charge on any atom is 0.287 e. The van der Waals surface area contributed by atoms with Crippen LogP contribution in [-0.2, 0) is 4.79 Å². The molecule has 0 spiro atoms. The molecule has 0 aliphatic carbocycles. The van der Waals surface area contributed by atoms with Crippen molar-refractivity contribution in [1.82, 2.24) is 10.3 Å². The Morgan fingerprint density at radius 2 is 2.31 bits per heavy atom. The molecule has 0 aliphatic rings. The molecule has 6 nitrogen and oxygen atoms in total. The van der Waals surface area contributed by atoms with E-state index in [0.717, 1.165) is 0 Å². The molecule has 0 aliphatic heterocycles. The number of nitrogens with one attached hydrogen (secondary N) is 1. The number of thioether (sulfide) groups is 1. The van der Waals surface area contributed by atoms with Gasteiger partial charge in [-0.2, -0.15) is 0 Å². The smallest absolute Gasteiger partial charge is 0.287 e. The molecule has 1 aromatic rings. The first-order valence-corrected chi connectivity index (χ1v) is 5.41. The lowest BCUT2D eigenvalue weighted by atomic mass is 10.4. The maximum absolute atomic E-state index is 10.8. The van der Waals surface area contributed by atoms with Crippen LogP contribution in [0, 0.1) is 10.1 Å². The molecule has 0 saturated carbocycles. The molecule has 1 aromatic heterocycles. The van der Waals surface area contributed by atoms with Gasteiger partial charge in [0.25, 0.3) is 5.69 Å². The number of pyridine rings is 1. The first-order chi connectivity index (χ1) is 7.49. The molecule has 1 unspecified atom stereocenters. The van der Waals surface area contributed by atoms with Gasteiger partial charge in [0.1, 0.15) is 6.20 Å². The number of nitro groups is 1. The molecule has 86 valence electrons. The molecule has 1 amide bonds. The van der Waals surface area contributed by atoms with Crippen molar-refractivity contribution in [3.8, 4) is 0 Å². The fourth-order valence-electron chi connectivity index (χ4n) is 1.05. The first kappa shape index (κ1) is 12.4. The van der Waals surface area contributed by atoms with Crippen LogP contribution in [0.3, 0.4) is 0 Å². The van der Waals surface area contributed by atoms with Crippen LogP contribution < -0.4 is 5.32 Å². The van der Waals surface area contributed by atoms with Crippen LogP contribution in [-0.4, -0.2) is 21.2 Å². The van der Waals surface area contributed by atoms with Gasteiger partial charge >= 0.3 is 0 Å². The van der Waals surface area contributed by atoms with Crippen LogP contribution in [0.1, 0.15) is 13.8 Å². The normalized spacial score (nSPS) is 11.9. The molecule has 7 heteroatoms. The Hall–Kier alpha value is -1.63. The molecule has 1 N–H and O–H groups in total. The van der Waals surface area contributed by atoms with Gasteiger partial charge in [0.15, 0.2) is 0 Å². The largest absolute Gasteiger partial charge is 0.344 e. The van der Waals surface area contributed by atoms with Crippen molar-refractivity contribution in [2.75, 3.05) is 0 Å². The van der Waals surface area contributed by atoms with E-state index in [4.69, 9.17) is 0 Å². The molecular formula is C9H11N3O3S. The Kier molecular flexibility index (Phi) is 4.24. The van der Waals surface area contributed by atoms with Gasteiger partial charge in [0, 0.05) is 13.0 Å². The fourth-order valence-corrected chi connectivity index (χ4v) is 1.89. The van der Waals surface area contributed by atoms with Crippen molar-refractivity contribution in [2.24, 2.45) is 0 Å². The summed E-state index contributed by atoms with van der Waals surface area (Å²) in [5.41, 5.74) is -0.0449. The van der Waals surface area contributed by atoms with Gasteiger partial charge < -0.3 is 5.32 Å². The van der Waals surface area contributed by atoms with E-state index in [9.17, 15) is 14.9 Å². The number of amides is 1. The number of carbonyl (C=O) groups is 1. The zero-order valence-corrected chi connectivity index (χ0v) is 9.65. The van der Waals surface area contributed by atoms with Gasteiger partial charge in [0.05, 0.1) is 15.3 Å². The van der Waals surface area contributed by atoms with Crippen molar-refractivity contribution in [2.45, 2.75) is 24.2 Å². The predicted molar refractivity (Wildman–Crippen MR) is 60.0 cm³/mol. The number of aromatic nitrogens is 1. The first-order valence-electron chi connectivity index (χ1n) is 4.53. The zero-order chi connectivity index (χ0) is 12.1. The Morgan fingerprint density at radius 1 is 1.62 bits per heavy atom. The van der Waals surface area contributed by atoms with Gasteiger partial charge in [-0.3, -0.25) is 14.9 Å². The zero-order valence-electron chi connectivity index (χ0n) is 8.84. The quantitative estimate of drug-likeness (QED) is 0.374. The molecule has 0 aromatic carbocycles.